The van der Waals surface area contributed by atoms with Crippen molar-refractivity contribution in [2.75, 3.05) is 0 Å². The summed E-state index contributed by atoms with van der Waals surface area (Å²) >= 11 is 4.03. The molecule has 1 heteroatoms. The molecular weight excluding hydrogens is 284 g/mol. The SMILES string of the molecule is Cc1cc(C)c(C)c(C(Br)C2CC3CC3C2)c1C. The smallest absolute Gasteiger partial charge is 0.0429 e. The minimum atomic E-state index is 0.573. The number of fused-ring (bicyclic) bond motifs is 1. The molecule has 98 valence electrons. The molecule has 0 N–H and O–H groups in total. The molecule has 2 saturated carbocycles. The summed E-state index contributed by atoms with van der Waals surface area (Å²) in [5.74, 6) is 3.01. The van der Waals surface area contributed by atoms with Gasteiger partial charge in [-0.05, 0) is 92.5 Å². The molecular formula is C17H23Br. The van der Waals surface area contributed by atoms with Gasteiger partial charge in [0.25, 0.3) is 0 Å². The standard InChI is InChI=1S/C17H23Br/c1-9-5-10(2)12(4)16(11(9)3)17(18)15-7-13-6-14(13)8-15/h5,13-15,17H,6-8H2,1-4H3. The van der Waals surface area contributed by atoms with E-state index in [9.17, 15) is 0 Å². The third kappa shape index (κ3) is 1.95. The first-order chi connectivity index (χ1) is 8.49. The Morgan fingerprint density at radius 3 is 1.94 bits per heavy atom. The first kappa shape index (κ1) is 12.7. The lowest BCUT2D eigenvalue weighted by atomic mass is 9.86. The highest BCUT2D eigenvalue weighted by molar-refractivity contribution is 9.09. The van der Waals surface area contributed by atoms with Crippen molar-refractivity contribution in [3.05, 3.63) is 33.9 Å². The van der Waals surface area contributed by atoms with Crippen LogP contribution in [0.4, 0.5) is 0 Å². The highest BCUT2D eigenvalue weighted by Crippen LogP contribution is 2.59. The Morgan fingerprint density at radius 1 is 0.944 bits per heavy atom. The summed E-state index contributed by atoms with van der Waals surface area (Å²) < 4.78 is 0. The molecule has 0 heterocycles. The molecule has 0 aliphatic heterocycles. The summed E-state index contributed by atoms with van der Waals surface area (Å²) in [6, 6.07) is 2.33. The molecule has 3 atom stereocenters. The van der Waals surface area contributed by atoms with Crippen LogP contribution < -0.4 is 0 Å². The first-order valence-corrected chi connectivity index (χ1v) is 8.12. The fraction of sp³-hybridized carbons (Fsp3) is 0.647. The molecule has 0 nitrogen and oxygen atoms in total. The van der Waals surface area contributed by atoms with Gasteiger partial charge in [-0.1, -0.05) is 22.0 Å². The van der Waals surface area contributed by atoms with Crippen LogP contribution in [0, 0.1) is 45.4 Å². The quantitative estimate of drug-likeness (QED) is 0.642. The zero-order valence-corrected chi connectivity index (χ0v) is 13.5. The summed E-state index contributed by atoms with van der Waals surface area (Å²) in [6.07, 6.45) is 4.42. The zero-order chi connectivity index (χ0) is 13.0. The second kappa shape index (κ2) is 4.37. The molecule has 2 fully saturated rings. The van der Waals surface area contributed by atoms with Crippen LogP contribution in [-0.2, 0) is 0 Å². The van der Waals surface area contributed by atoms with Crippen LogP contribution in [0.1, 0.15) is 51.9 Å². The van der Waals surface area contributed by atoms with Gasteiger partial charge in [-0.2, -0.15) is 0 Å². The van der Waals surface area contributed by atoms with E-state index in [1.165, 1.54) is 41.5 Å². The first-order valence-electron chi connectivity index (χ1n) is 7.20. The van der Waals surface area contributed by atoms with Gasteiger partial charge in [0.05, 0.1) is 0 Å². The summed E-state index contributed by atoms with van der Waals surface area (Å²) in [7, 11) is 0. The van der Waals surface area contributed by atoms with Crippen LogP contribution in [0.25, 0.3) is 0 Å². The van der Waals surface area contributed by atoms with Gasteiger partial charge in [0.15, 0.2) is 0 Å². The van der Waals surface area contributed by atoms with Gasteiger partial charge < -0.3 is 0 Å². The van der Waals surface area contributed by atoms with Crippen LogP contribution >= 0.6 is 15.9 Å². The molecule has 0 bridgehead atoms. The molecule has 2 aliphatic rings. The molecule has 0 amide bonds. The second-order valence-corrected chi connectivity index (χ2v) is 7.55. The van der Waals surface area contributed by atoms with E-state index in [4.69, 9.17) is 0 Å². The van der Waals surface area contributed by atoms with Crippen molar-refractivity contribution in [1.29, 1.82) is 0 Å². The Balaban J connectivity index is 1.95. The average Bonchev–Trinajstić information content (AvgIpc) is 2.94. The molecule has 3 rings (SSSR count). The van der Waals surface area contributed by atoms with E-state index < -0.39 is 0 Å². The molecule has 0 spiro atoms. The molecule has 3 unspecified atom stereocenters. The highest BCUT2D eigenvalue weighted by Gasteiger charge is 2.47. The van der Waals surface area contributed by atoms with Gasteiger partial charge in [-0.25, -0.2) is 0 Å². The van der Waals surface area contributed by atoms with E-state index in [-0.39, 0.29) is 0 Å². The van der Waals surface area contributed by atoms with Crippen molar-refractivity contribution in [2.24, 2.45) is 17.8 Å². The van der Waals surface area contributed by atoms with Crippen molar-refractivity contribution in [3.63, 3.8) is 0 Å². The van der Waals surface area contributed by atoms with Crippen LogP contribution in [0.3, 0.4) is 0 Å². The maximum atomic E-state index is 4.03. The number of alkyl halides is 1. The maximum Gasteiger partial charge on any atom is 0.0429 e. The summed E-state index contributed by atoms with van der Waals surface area (Å²) in [5, 5.41) is 0. The van der Waals surface area contributed by atoms with Crippen molar-refractivity contribution in [2.45, 2.75) is 51.8 Å². The van der Waals surface area contributed by atoms with Crippen molar-refractivity contribution < 1.29 is 0 Å². The minimum absolute atomic E-state index is 0.573. The highest BCUT2D eigenvalue weighted by atomic mass is 79.9. The van der Waals surface area contributed by atoms with E-state index in [0.717, 1.165) is 17.8 Å². The number of benzene rings is 1. The molecule has 0 radical (unpaired) electrons. The largest absolute Gasteiger partial charge is 0.0836 e. The number of halogens is 1. The average molecular weight is 307 g/mol. The summed E-state index contributed by atoms with van der Waals surface area (Å²) in [4.78, 5) is 0.573. The maximum absolute atomic E-state index is 4.03. The molecule has 0 saturated heterocycles. The monoisotopic (exact) mass is 306 g/mol. The third-order valence-corrected chi connectivity index (χ3v) is 6.60. The van der Waals surface area contributed by atoms with Crippen molar-refractivity contribution in [1.82, 2.24) is 0 Å². The lowest BCUT2D eigenvalue weighted by molar-refractivity contribution is 0.479. The fourth-order valence-electron chi connectivity index (χ4n) is 3.90. The number of aryl methyl sites for hydroxylation is 2. The van der Waals surface area contributed by atoms with Crippen LogP contribution in [0.15, 0.2) is 6.07 Å². The van der Waals surface area contributed by atoms with Gasteiger partial charge in [0, 0.05) is 4.83 Å². The molecule has 1 aromatic carbocycles. The Morgan fingerprint density at radius 2 is 1.44 bits per heavy atom. The molecule has 1 aromatic rings. The third-order valence-electron chi connectivity index (χ3n) is 5.39. The second-order valence-electron chi connectivity index (χ2n) is 6.56. The van der Waals surface area contributed by atoms with Gasteiger partial charge in [-0.15, -0.1) is 0 Å². The van der Waals surface area contributed by atoms with E-state index in [0.29, 0.717) is 4.83 Å². The summed E-state index contributed by atoms with van der Waals surface area (Å²) in [6.45, 7) is 9.08. The molecule has 0 aromatic heterocycles. The lowest BCUT2D eigenvalue weighted by Crippen LogP contribution is -2.10. The summed E-state index contributed by atoms with van der Waals surface area (Å²) in [5.41, 5.74) is 7.47. The molecule has 2 aliphatic carbocycles. The van der Waals surface area contributed by atoms with Crippen LogP contribution in [0.2, 0.25) is 0 Å². The van der Waals surface area contributed by atoms with Crippen molar-refractivity contribution >= 4 is 15.9 Å². The Bertz CT molecular complexity index is 453. The van der Waals surface area contributed by atoms with Gasteiger partial charge >= 0.3 is 0 Å². The number of hydrogen-bond acceptors (Lipinski definition) is 0. The zero-order valence-electron chi connectivity index (χ0n) is 11.9. The van der Waals surface area contributed by atoms with Crippen molar-refractivity contribution in [3.8, 4) is 0 Å². The Kier molecular flexibility index (Phi) is 3.09. The number of rotatable bonds is 2. The van der Waals surface area contributed by atoms with E-state index >= 15 is 0 Å². The van der Waals surface area contributed by atoms with Gasteiger partial charge in [0.2, 0.25) is 0 Å². The van der Waals surface area contributed by atoms with Crippen LogP contribution in [0.5, 0.6) is 0 Å². The Hall–Kier alpha value is -0.300. The fourth-order valence-corrected chi connectivity index (χ4v) is 5.02. The van der Waals surface area contributed by atoms with E-state index in [2.05, 4.69) is 49.7 Å². The molecule has 18 heavy (non-hydrogen) atoms. The Labute approximate surface area is 119 Å². The normalized spacial score (nSPS) is 31.3. The van der Waals surface area contributed by atoms with Gasteiger partial charge in [-0.3, -0.25) is 0 Å². The minimum Gasteiger partial charge on any atom is -0.0836 e. The predicted molar refractivity (Wildman–Crippen MR) is 81.4 cm³/mol. The van der Waals surface area contributed by atoms with E-state index in [1.54, 1.807) is 5.56 Å². The van der Waals surface area contributed by atoms with Gasteiger partial charge in [0.1, 0.15) is 0 Å². The van der Waals surface area contributed by atoms with Crippen LogP contribution in [-0.4, -0.2) is 0 Å². The lowest BCUT2D eigenvalue weighted by Gasteiger charge is -2.25. The predicted octanol–water partition coefficient (Wildman–Crippen LogP) is 5.40. The van der Waals surface area contributed by atoms with E-state index in [1.807, 2.05) is 0 Å². The topological polar surface area (TPSA) is 0 Å². The number of hydrogen-bond donors (Lipinski definition) is 0.